The lowest BCUT2D eigenvalue weighted by Gasteiger charge is -2.15. The van der Waals surface area contributed by atoms with Gasteiger partial charge in [-0.05, 0) is 50.1 Å². The number of hydrogen-bond donors (Lipinski definition) is 2. The summed E-state index contributed by atoms with van der Waals surface area (Å²) in [7, 11) is -3.87. The number of carbonyl (C=O) groups is 2. The van der Waals surface area contributed by atoms with E-state index in [2.05, 4.69) is 10.0 Å². The fourth-order valence-electron chi connectivity index (χ4n) is 2.30. The Bertz CT molecular complexity index is 888. The summed E-state index contributed by atoms with van der Waals surface area (Å²) in [6, 6.07) is 12.0. The number of aryl methyl sites for hydroxylation is 1. The van der Waals surface area contributed by atoms with Gasteiger partial charge in [-0.25, -0.2) is 8.42 Å². The first kappa shape index (κ1) is 19.8. The number of sulfonamides is 1. The molecule has 0 spiro atoms. The van der Waals surface area contributed by atoms with Crippen LogP contribution in [0.2, 0.25) is 0 Å². The summed E-state index contributed by atoms with van der Waals surface area (Å²) < 4.78 is 27.1. The average Bonchev–Trinajstić information content (AvgIpc) is 2.62. The summed E-state index contributed by atoms with van der Waals surface area (Å²) >= 11 is 0. The van der Waals surface area contributed by atoms with Crippen molar-refractivity contribution in [2.75, 3.05) is 5.32 Å². The Morgan fingerprint density at radius 1 is 1.00 bits per heavy atom. The number of amides is 1. The molecule has 0 aliphatic rings. The van der Waals surface area contributed by atoms with Gasteiger partial charge in [-0.2, -0.15) is 4.72 Å². The van der Waals surface area contributed by atoms with Crippen LogP contribution in [-0.4, -0.2) is 26.2 Å². The van der Waals surface area contributed by atoms with E-state index in [-0.39, 0.29) is 10.7 Å². The molecule has 7 heteroatoms. The summed E-state index contributed by atoms with van der Waals surface area (Å²) in [6.45, 7) is 4.91. The molecule has 0 radical (unpaired) electrons. The van der Waals surface area contributed by atoms with E-state index in [4.69, 9.17) is 0 Å². The topological polar surface area (TPSA) is 92.3 Å². The van der Waals surface area contributed by atoms with Crippen LogP contribution in [0.15, 0.2) is 53.4 Å². The van der Waals surface area contributed by atoms with E-state index in [1.165, 1.54) is 38.1 Å². The fourth-order valence-corrected chi connectivity index (χ4v) is 3.50. The predicted octanol–water partition coefficient (Wildman–Crippen LogP) is 2.76. The molecular weight excluding hydrogens is 352 g/mol. The van der Waals surface area contributed by atoms with E-state index in [0.29, 0.717) is 11.3 Å². The molecule has 2 aromatic carbocycles. The number of ketones is 1. The van der Waals surface area contributed by atoms with E-state index in [0.717, 1.165) is 12.0 Å². The standard InChI is InChI=1S/C19H22N2O4S/c1-4-15-5-9-17(10-6-15)20-19(23)13(2)21-26(24,25)18-11-7-16(8-12-18)14(3)22/h5-13,21H,4H2,1-3H3,(H,20,23). The van der Waals surface area contributed by atoms with Crippen LogP contribution in [0.5, 0.6) is 0 Å². The molecule has 0 bridgehead atoms. The Labute approximate surface area is 153 Å². The minimum Gasteiger partial charge on any atom is -0.325 e. The zero-order valence-electron chi connectivity index (χ0n) is 14.9. The van der Waals surface area contributed by atoms with Crippen molar-refractivity contribution in [3.8, 4) is 0 Å². The number of carbonyl (C=O) groups excluding carboxylic acids is 2. The molecule has 2 rings (SSSR count). The van der Waals surface area contributed by atoms with Crippen LogP contribution in [-0.2, 0) is 21.2 Å². The van der Waals surface area contributed by atoms with Crippen molar-refractivity contribution in [2.45, 2.75) is 38.1 Å². The normalized spacial score (nSPS) is 12.4. The highest BCUT2D eigenvalue weighted by Crippen LogP contribution is 2.13. The molecule has 0 aliphatic carbocycles. The smallest absolute Gasteiger partial charge is 0.242 e. The van der Waals surface area contributed by atoms with Crippen molar-refractivity contribution in [2.24, 2.45) is 0 Å². The van der Waals surface area contributed by atoms with Crippen molar-refractivity contribution >= 4 is 27.4 Å². The number of nitrogens with one attached hydrogen (secondary N) is 2. The van der Waals surface area contributed by atoms with Crippen LogP contribution >= 0.6 is 0 Å². The molecular formula is C19H22N2O4S. The lowest BCUT2D eigenvalue weighted by molar-refractivity contribution is -0.117. The second-order valence-electron chi connectivity index (χ2n) is 5.96. The van der Waals surface area contributed by atoms with Crippen LogP contribution in [0.3, 0.4) is 0 Å². The van der Waals surface area contributed by atoms with E-state index < -0.39 is 22.0 Å². The first-order valence-corrected chi connectivity index (χ1v) is 9.74. The van der Waals surface area contributed by atoms with Gasteiger partial charge in [0.2, 0.25) is 15.9 Å². The Hall–Kier alpha value is -2.51. The van der Waals surface area contributed by atoms with Gasteiger partial charge < -0.3 is 5.32 Å². The number of benzene rings is 2. The third kappa shape index (κ3) is 5.00. The van der Waals surface area contributed by atoms with E-state index in [1.807, 2.05) is 19.1 Å². The molecule has 0 aromatic heterocycles. The Kier molecular flexibility index (Phi) is 6.28. The minimum absolute atomic E-state index is 0.00514. The number of hydrogen-bond acceptors (Lipinski definition) is 4. The second kappa shape index (κ2) is 8.25. The van der Waals surface area contributed by atoms with Gasteiger partial charge in [0.25, 0.3) is 0 Å². The summed E-state index contributed by atoms with van der Waals surface area (Å²) in [5, 5.41) is 2.68. The molecule has 2 N–H and O–H groups in total. The first-order valence-electron chi connectivity index (χ1n) is 8.26. The van der Waals surface area contributed by atoms with Gasteiger partial charge in [0.05, 0.1) is 10.9 Å². The van der Waals surface area contributed by atoms with Gasteiger partial charge >= 0.3 is 0 Å². The molecule has 1 atom stereocenters. The van der Waals surface area contributed by atoms with Crippen LogP contribution in [0.25, 0.3) is 0 Å². The number of Topliss-reactive ketones (excluding diaryl/α,β-unsaturated/α-hetero) is 1. The molecule has 6 nitrogen and oxygen atoms in total. The Morgan fingerprint density at radius 3 is 2.08 bits per heavy atom. The maximum Gasteiger partial charge on any atom is 0.242 e. The highest BCUT2D eigenvalue weighted by Gasteiger charge is 2.22. The van der Waals surface area contributed by atoms with E-state index >= 15 is 0 Å². The average molecular weight is 374 g/mol. The molecule has 138 valence electrons. The fraction of sp³-hybridized carbons (Fsp3) is 0.263. The number of anilines is 1. The molecule has 1 amide bonds. The maximum absolute atomic E-state index is 12.4. The highest BCUT2D eigenvalue weighted by molar-refractivity contribution is 7.89. The SMILES string of the molecule is CCc1ccc(NC(=O)C(C)NS(=O)(=O)c2ccc(C(C)=O)cc2)cc1. The van der Waals surface area contributed by atoms with Gasteiger partial charge in [0, 0.05) is 11.3 Å². The van der Waals surface area contributed by atoms with Gasteiger partial charge in [0.1, 0.15) is 0 Å². The third-order valence-electron chi connectivity index (χ3n) is 3.93. The van der Waals surface area contributed by atoms with E-state index in [1.54, 1.807) is 12.1 Å². The first-order chi connectivity index (χ1) is 12.2. The maximum atomic E-state index is 12.4. The summed E-state index contributed by atoms with van der Waals surface area (Å²) in [4.78, 5) is 23.5. The molecule has 0 heterocycles. The minimum atomic E-state index is -3.87. The van der Waals surface area contributed by atoms with Crippen LogP contribution < -0.4 is 10.0 Å². The molecule has 0 aliphatic heterocycles. The van der Waals surface area contributed by atoms with Gasteiger partial charge in [0.15, 0.2) is 5.78 Å². The summed E-state index contributed by atoms with van der Waals surface area (Å²) in [5.74, 6) is -0.609. The summed E-state index contributed by atoms with van der Waals surface area (Å²) in [5.41, 5.74) is 2.17. The molecule has 0 saturated carbocycles. The summed E-state index contributed by atoms with van der Waals surface area (Å²) in [6.07, 6.45) is 0.896. The zero-order valence-corrected chi connectivity index (χ0v) is 15.8. The van der Waals surface area contributed by atoms with Crippen LogP contribution in [0.1, 0.15) is 36.7 Å². The largest absolute Gasteiger partial charge is 0.325 e. The third-order valence-corrected chi connectivity index (χ3v) is 5.48. The molecule has 0 saturated heterocycles. The molecule has 1 unspecified atom stereocenters. The monoisotopic (exact) mass is 374 g/mol. The Morgan fingerprint density at radius 2 is 1.58 bits per heavy atom. The zero-order chi connectivity index (χ0) is 19.3. The molecule has 26 heavy (non-hydrogen) atoms. The quantitative estimate of drug-likeness (QED) is 0.729. The van der Waals surface area contributed by atoms with Crippen molar-refractivity contribution < 1.29 is 18.0 Å². The van der Waals surface area contributed by atoms with Gasteiger partial charge in [-0.15, -0.1) is 0 Å². The van der Waals surface area contributed by atoms with Gasteiger partial charge in [-0.1, -0.05) is 31.2 Å². The van der Waals surface area contributed by atoms with Crippen molar-refractivity contribution in [3.05, 3.63) is 59.7 Å². The van der Waals surface area contributed by atoms with E-state index in [9.17, 15) is 18.0 Å². The molecule has 2 aromatic rings. The van der Waals surface area contributed by atoms with Crippen molar-refractivity contribution in [1.29, 1.82) is 0 Å². The van der Waals surface area contributed by atoms with Crippen molar-refractivity contribution in [1.82, 2.24) is 4.72 Å². The predicted molar refractivity (Wildman–Crippen MR) is 101 cm³/mol. The molecule has 0 fully saturated rings. The Balaban J connectivity index is 2.05. The lowest BCUT2D eigenvalue weighted by Crippen LogP contribution is -2.41. The number of rotatable bonds is 7. The van der Waals surface area contributed by atoms with Crippen molar-refractivity contribution in [3.63, 3.8) is 0 Å². The van der Waals surface area contributed by atoms with Gasteiger partial charge in [-0.3, -0.25) is 9.59 Å². The van der Waals surface area contributed by atoms with Crippen LogP contribution in [0.4, 0.5) is 5.69 Å². The highest BCUT2D eigenvalue weighted by atomic mass is 32.2. The lowest BCUT2D eigenvalue weighted by atomic mass is 10.1. The van der Waals surface area contributed by atoms with Crippen LogP contribution in [0, 0.1) is 0 Å². The second-order valence-corrected chi connectivity index (χ2v) is 7.68.